The molecular weight excluding hydrogens is 170 g/mol. The lowest BCUT2D eigenvalue weighted by molar-refractivity contribution is 1.34. The monoisotopic (exact) mass is 183 g/mol. The van der Waals surface area contributed by atoms with E-state index in [9.17, 15) is 0 Å². The Morgan fingerprint density at radius 1 is 1.67 bits per heavy atom. The van der Waals surface area contributed by atoms with E-state index in [1.165, 1.54) is 6.20 Å². The molecule has 0 spiro atoms. The summed E-state index contributed by atoms with van der Waals surface area (Å²) in [7, 11) is 0. The van der Waals surface area contributed by atoms with E-state index >= 15 is 0 Å². The summed E-state index contributed by atoms with van der Waals surface area (Å²) < 4.78 is 0. The van der Waals surface area contributed by atoms with Gasteiger partial charge in [0.1, 0.15) is 5.84 Å². The molecule has 0 atom stereocenters. The highest BCUT2D eigenvalue weighted by atomic mass is 32.2. The Morgan fingerprint density at radius 3 is 2.75 bits per heavy atom. The maximum absolute atomic E-state index is 5.61. The first-order valence-electron chi connectivity index (χ1n) is 3.34. The third-order valence-corrected chi connectivity index (χ3v) is 1.50. The van der Waals surface area contributed by atoms with Gasteiger partial charge in [0, 0.05) is 11.8 Å². The molecule has 0 aliphatic rings. The Kier molecular flexibility index (Phi) is 6.09. The van der Waals surface area contributed by atoms with Crippen LogP contribution in [-0.2, 0) is 0 Å². The van der Waals surface area contributed by atoms with Crippen LogP contribution in [0.2, 0.25) is 0 Å². The number of amidine groups is 1. The van der Waals surface area contributed by atoms with E-state index in [-0.39, 0.29) is 0 Å². The van der Waals surface area contributed by atoms with Gasteiger partial charge in [-0.15, -0.1) is 11.8 Å². The lowest BCUT2D eigenvalue weighted by Gasteiger charge is -1.98. The smallest absolute Gasteiger partial charge is 0.128 e. The van der Waals surface area contributed by atoms with E-state index in [1.807, 2.05) is 6.26 Å². The molecule has 0 unspecified atom stereocenters. The molecule has 0 radical (unpaired) electrons. The zero-order valence-electron chi connectivity index (χ0n) is 7.16. The van der Waals surface area contributed by atoms with Crippen LogP contribution in [0.3, 0.4) is 0 Å². The van der Waals surface area contributed by atoms with Crippen LogP contribution in [0.4, 0.5) is 0 Å². The Hall–Kier alpha value is -1.03. The van der Waals surface area contributed by atoms with E-state index in [0.29, 0.717) is 17.3 Å². The first-order chi connectivity index (χ1) is 5.76. The molecule has 0 rings (SSSR count). The lowest BCUT2D eigenvalue weighted by atomic mass is 10.2. The van der Waals surface area contributed by atoms with E-state index in [4.69, 9.17) is 5.73 Å². The summed E-state index contributed by atoms with van der Waals surface area (Å²) in [6.07, 6.45) is 5.10. The summed E-state index contributed by atoms with van der Waals surface area (Å²) in [4.78, 5) is 7.65. The van der Waals surface area contributed by atoms with Crippen LogP contribution in [-0.4, -0.2) is 24.7 Å². The molecule has 0 fully saturated rings. The van der Waals surface area contributed by atoms with Crippen molar-refractivity contribution in [3.8, 4) is 0 Å². The molecule has 0 aromatic rings. The van der Waals surface area contributed by atoms with Gasteiger partial charge in [0.2, 0.25) is 0 Å². The molecule has 0 amide bonds. The number of nitrogens with two attached hydrogens (primary N) is 1. The fourth-order valence-corrected chi connectivity index (χ4v) is 0.815. The molecule has 4 heteroatoms. The highest BCUT2D eigenvalue weighted by Gasteiger charge is 1.95. The number of hydrogen-bond acceptors (Lipinski definition) is 3. The Bertz CT molecular complexity index is 218. The third-order valence-electron chi connectivity index (χ3n) is 1.11. The van der Waals surface area contributed by atoms with Crippen LogP contribution < -0.4 is 5.73 Å². The zero-order chi connectivity index (χ0) is 9.40. The van der Waals surface area contributed by atoms with Crippen molar-refractivity contribution in [2.45, 2.75) is 0 Å². The molecule has 0 aliphatic carbocycles. The molecule has 0 aromatic carbocycles. The maximum Gasteiger partial charge on any atom is 0.128 e. The fraction of sp³-hybridized carbons (Fsp3) is 0.250. The van der Waals surface area contributed by atoms with Crippen molar-refractivity contribution < 1.29 is 0 Å². The van der Waals surface area contributed by atoms with Crippen molar-refractivity contribution in [3.05, 3.63) is 24.4 Å². The topological polar surface area (TPSA) is 50.7 Å². The quantitative estimate of drug-likeness (QED) is 0.398. The first kappa shape index (κ1) is 11.0. The van der Waals surface area contributed by atoms with Gasteiger partial charge >= 0.3 is 0 Å². The van der Waals surface area contributed by atoms with Crippen LogP contribution in [0, 0.1) is 0 Å². The van der Waals surface area contributed by atoms with Crippen molar-refractivity contribution in [2.24, 2.45) is 15.7 Å². The summed E-state index contributed by atoms with van der Waals surface area (Å²) in [5.41, 5.74) is 6.32. The van der Waals surface area contributed by atoms with Gasteiger partial charge in [-0.2, -0.15) is 0 Å². The van der Waals surface area contributed by atoms with Crippen molar-refractivity contribution >= 4 is 24.3 Å². The van der Waals surface area contributed by atoms with Gasteiger partial charge in [-0.3, -0.25) is 9.98 Å². The molecule has 3 nitrogen and oxygen atoms in total. The minimum absolute atomic E-state index is 0.451. The predicted molar refractivity (Wildman–Crippen MR) is 57.8 cm³/mol. The summed E-state index contributed by atoms with van der Waals surface area (Å²) >= 11 is 1.60. The van der Waals surface area contributed by atoms with E-state index in [2.05, 4.69) is 23.3 Å². The van der Waals surface area contributed by atoms with E-state index in [1.54, 1.807) is 17.8 Å². The molecular formula is C8H13N3S. The molecule has 66 valence electrons. The van der Waals surface area contributed by atoms with Gasteiger partial charge in [-0.05, 0) is 13.0 Å². The van der Waals surface area contributed by atoms with E-state index in [0.717, 1.165) is 0 Å². The standard InChI is InChI=1S/C8H13N3S/c1-4-7(5-10-2)8(9)11-6-12-3/h4-5H,1-2,6H2,3H3,(H2,9,11)/b7-5-. The maximum atomic E-state index is 5.61. The van der Waals surface area contributed by atoms with E-state index < -0.39 is 0 Å². The van der Waals surface area contributed by atoms with Crippen LogP contribution in [0.5, 0.6) is 0 Å². The highest BCUT2D eigenvalue weighted by Crippen LogP contribution is 1.99. The normalized spacial score (nSPS) is 12.8. The predicted octanol–water partition coefficient (Wildman–Crippen LogP) is 1.43. The van der Waals surface area contributed by atoms with Gasteiger partial charge in [0.05, 0.1) is 5.88 Å². The van der Waals surface area contributed by atoms with Gasteiger partial charge in [-0.1, -0.05) is 12.7 Å². The summed E-state index contributed by atoms with van der Waals surface area (Å²) in [6, 6.07) is 0. The molecule has 0 aromatic heterocycles. The summed E-state index contributed by atoms with van der Waals surface area (Å²) in [5.74, 6) is 1.10. The molecule has 0 aliphatic heterocycles. The van der Waals surface area contributed by atoms with Crippen molar-refractivity contribution in [3.63, 3.8) is 0 Å². The minimum Gasteiger partial charge on any atom is -0.383 e. The number of aliphatic imine (C=N–C) groups is 2. The Morgan fingerprint density at radius 2 is 2.33 bits per heavy atom. The first-order valence-corrected chi connectivity index (χ1v) is 4.73. The van der Waals surface area contributed by atoms with Crippen LogP contribution in [0.25, 0.3) is 0 Å². The van der Waals surface area contributed by atoms with Crippen molar-refractivity contribution in [1.29, 1.82) is 0 Å². The molecule has 0 saturated carbocycles. The molecule has 2 N–H and O–H groups in total. The molecule has 0 heterocycles. The second-order valence-electron chi connectivity index (χ2n) is 1.93. The zero-order valence-corrected chi connectivity index (χ0v) is 7.97. The number of rotatable bonds is 5. The van der Waals surface area contributed by atoms with Crippen molar-refractivity contribution in [1.82, 2.24) is 0 Å². The number of thioether (sulfide) groups is 1. The molecule has 12 heavy (non-hydrogen) atoms. The van der Waals surface area contributed by atoms with Crippen molar-refractivity contribution in [2.75, 3.05) is 12.1 Å². The summed E-state index contributed by atoms with van der Waals surface area (Å²) in [5, 5.41) is 0. The van der Waals surface area contributed by atoms with Crippen LogP contribution >= 0.6 is 11.8 Å². The second kappa shape index (κ2) is 6.67. The molecule has 0 bridgehead atoms. The lowest BCUT2D eigenvalue weighted by Crippen LogP contribution is -2.13. The SMILES string of the molecule is C=CC(=C/N=C)/C(N)=N\CSC. The highest BCUT2D eigenvalue weighted by molar-refractivity contribution is 7.98. The van der Waals surface area contributed by atoms with Gasteiger partial charge in [-0.25, -0.2) is 0 Å². The third kappa shape index (κ3) is 3.98. The fourth-order valence-electron chi connectivity index (χ4n) is 0.547. The van der Waals surface area contributed by atoms with Gasteiger partial charge in [0.25, 0.3) is 0 Å². The average molecular weight is 183 g/mol. The van der Waals surface area contributed by atoms with Crippen LogP contribution in [0.1, 0.15) is 0 Å². The second-order valence-corrected chi connectivity index (χ2v) is 2.77. The van der Waals surface area contributed by atoms with Gasteiger partial charge in [0.15, 0.2) is 0 Å². The number of hydrogen-bond donors (Lipinski definition) is 1. The van der Waals surface area contributed by atoms with Crippen LogP contribution in [0.15, 0.2) is 34.4 Å². The number of nitrogens with zero attached hydrogens (tertiary/aromatic N) is 2. The Labute approximate surface area is 77.2 Å². The Balaban J connectivity index is 4.40. The largest absolute Gasteiger partial charge is 0.383 e. The van der Waals surface area contributed by atoms with Gasteiger partial charge < -0.3 is 5.73 Å². The summed E-state index contributed by atoms with van der Waals surface area (Å²) in [6.45, 7) is 6.91. The average Bonchev–Trinajstić information content (AvgIpc) is 2.10. The molecule has 0 saturated heterocycles. The minimum atomic E-state index is 0.451.